The second kappa shape index (κ2) is 5.59. The summed E-state index contributed by atoms with van der Waals surface area (Å²) in [6, 6.07) is 2.00. The predicted molar refractivity (Wildman–Crippen MR) is 75.6 cm³/mol. The number of aromatic hydroxyl groups is 1. The summed E-state index contributed by atoms with van der Waals surface area (Å²) < 4.78 is 14.6. The summed E-state index contributed by atoms with van der Waals surface area (Å²) in [7, 11) is 1.21. The largest absolute Gasteiger partial charge is 0.504 e. The van der Waals surface area contributed by atoms with Crippen molar-refractivity contribution in [2.45, 2.75) is 19.6 Å². The number of esters is 2. The average Bonchev–Trinajstić information content (AvgIpc) is 2.43. The molecular formula is C14H13NO8. The molecule has 23 heavy (non-hydrogen) atoms. The summed E-state index contributed by atoms with van der Waals surface area (Å²) in [4.78, 5) is 33.9. The highest BCUT2D eigenvalue weighted by Gasteiger charge is 2.39. The summed E-state index contributed by atoms with van der Waals surface area (Å²) in [5.41, 5.74) is -1.04. The van der Waals surface area contributed by atoms with E-state index >= 15 is 0 Å². The standard InChI is InChI=1S/C14H13NO8/c1-14(2)22-12(17)9(13(18)23-14)5-7-4-8(15(19)20)6-10(21-3)11(7)16/h4-6,16H,1-3H3. The number of carbonyl (C=O) groups is 2. The first-order valence-corrected chi connectivity index (χ1v) is 6.38. The lowest BCUT2D eigenvalue weighted by Crippen LogP contribution is -2.41. The highest BCUT2D eigenvalue weighted by Crippen LogP contribution is 2.36. The minimum atomic E-state index is -1.41. The molecule has 0 bridgehead atoms. The molecule has 1 heterocycles. The van der Waals surface area contributed by atoms with Crippen LogP contribution in [0.4, 0.5) is 5.69 Å². The number of nitro groups is 1. The van der Waals surface area contributed by atoms with E-state index in [-0.39, 0.29) is 17.0 Å². The van der Waals surface area contributed by atoms with E-state index in [0.717, 1.165) is 18.2 Å². The number of nitrogens with zero attached hydrogens (tertiary/aromatic N) is 1. The number of nitro benzene ring substituents is 1. The van der Waals surface area contributed by atoms with Crippen molar-refractivity contribution in [2.24, 2.45) is 0 Å². The number of hydrogen-bond donors (Lipinski definition) is 1. The Hall–Kier alpha value is -3.10. The second-order valence-electron chi connectivity index (χ2n) is 5.08. The number of hydrogen-bond acceptors (Lipinski definition) is 8. The zero-order valence-corrected chi connectivity index (χ0v) is 12.5. The van der Waals surface area contributed by atoms with Crippen LogP contribution < -0.4 is 4.74 Å². The van der Waals surface area contributed by atoms with Crippen molar-refractivity contribution in [3.05, 3.63) is 33.4 Å². The molecule has 2 rings (SSSR count). The maximum absolute atomic E-state index is 11.9. The fraction of sp³-hybridized carbons (Fsp3) is 0.286. The number of methoxy groups -OCH3 is 1. The van der Waals surface area contributed by atoms with Gasteiger partial charge in [-0.2, -0.15) is 0 Å². The lowest BCUT2D eigenvalue weighted by atomic mass is 10.1. The van der Waals surface area contributed by atoms with E-state index in [1.807, 2.05) is 0 Å². The van der Waals surface area contributed by atoms with Gasteiger partial charge in [0.15, 0.2) is 11.5 Å². The molecule has 9 heteroatoms. The molecule has 0 radical (unpaired) electrons. The molecule has 122 valence electrons. The number of rotatable bonds is 3. The van der Waals surface area contributed by atoms with Crippen LogP contribution in [-0.4, -0.2) is 34.9 Å². The fourth-order valence-corrected chi connectivity index (χ4v) is 1.92. The molecule has 1 N–H and O–H groups in total. The van der Waals surface area contributed by atoms with Crippen LogP contribution in [0, 0.1) is 10.1 Å². The summed E-state index contributed by atoms with van der Waals surface area (Å²) in [6.07, 6.45) is 0.949. The predicted octanol–water partition coefficient (Wildman–Crippen LogP) is 1.53. The van der Waals surface area contributed by atoms with E-state index in [0.29, 0.717) is 0 Å². The normalized spacial score (nSPS) is 16.4. The summed E-state index contributed by atoms with van der Waals surface area (Å²) in [6.45, 7) is 2.76. The van der Waals surface area contributed by atoms with Crippen LogP contribution in [0.2, 0.25) is 0 Å². The Morgan fingerprint density at radius 3 is 2.30 bits per heavy atom. The van der Waals surface area contributed by atoms with Gasteiger partial charge in [0.1, 0.15) is 5.57 Å². The Morgan fingerprint density at radius 1 is 1.26 bits per heavy atom. The molecule has 1 aromatic carbocycles. The smallest absolute Gasteiger partial charge is 0.348 e. The highest BCUT2D eigenvalue weighted by molar-refractivity contribution is 6.19. The fourth-order valence-electron chi connectivity index (χ4n) is 1.92. The Balaban J connectivity index is 2.54. The van der Waals surface area contributed by atoms with E-state index in [9.17, 15) is 24.8 Å². The van der Waals surface area contributed by atoms with E-state index in [4.69, 9.17) is 14.2 Å². The zero-order valence-electron chi connectivity index (χ0n) is 12.5. The van der Waals surface area contributed by atoms with Gasteiger partial charge in [-0.1, -0.05) is 0 Å². The third-order valence-electron chi connectivity index (χ3n) is 2.94. The van der Waals surface area contributed by atoms with Crippen molar-refractivity contribution in [1.82, 2.24) is 0 Å². The number of benzene rings is 1. The SMILES string of the molecule is COc1cc([N+](=O)[O-])cc(C=C2C(=O)OC(C)(C)OC2=O)c1O. The van der Waals surface area contributed by atoms with Gasteiger partial charge in [-0.3, -0.25) is 10.1 Å². The van der Waals surface area contributed by atoms with Crippen molar-refractivity contribution in [1.29, 1.82) is 0 Å². The first kappa shape index (κ1) is 16.3. The Morgan fingerprint density at radius 2 is 1.83 bits per heavy atom. The molecule has 0 spiro atoms. The number of phenols is 1. The Labute approximate surface area is 130 Å². The molecule has 0 aliphatic carbocycles. The molecule has 0 amide bonds. The van der Waals surface area contributed by atoms with E-state index in [2.05, 4.69) is 0 Å². The van der Waals surface area contributed by atoms with Crippen molar-refractivity contribution in [3.8, 4) is 11.5 Å². The van der Waals surface area contributed by atoms with Crippen LogP contribution in [0.5, 0.6) is 11.5 Å². The first-order chi connectivity index (χ1) is 10.6. The molecule has 1 saturated heterocycles. The van der Waals surface area contributed by atoms with Crippen molar-refractivity contribution in [3.63, 3.8) is 0 Å². The van der Waals surface area contributed by atoms with E-state index in [1.54, 1.807) is 0 Å². The maximum Gasteiger partial charge on any atom is 0.348 e. The summed E-state index contributed by atoms with van der Waals surface area (Å²) in [5, 5.41) is 20.9. The monoisotopic (exact) mass is 323 g/mol. The van der Waals surface area contributed by atoms with Gasteiger partial charge in [0.25, 0.3) is 11.5 Å². The van der Waals surface area contributed by atoms with Crippen LogP contribution >= 0.6 is 0 Å². The first-order valence-electron chi connectivity index (χ1n) is 6.38. The minimum absolute atomic E-state index is 0.153. The van der Waals surface area contributed by atoms with Gasteiger partial charge >= 0.3 is 11.9 Å². The second-order valence-corrected chi connectivity index (χ2v) is 5.08. The van der Waals surface area contributed by atoms with Crippen LogP contribution in [0.25, 0.3) is 6.08 Å². The number of carbonyl (C=O) groups excluding carboxylic acids is 2. The molecule has 1 aromatic rings. The van der Waals surface area contributed by atoms with Gasteiger partial charge in [0.2, 0.25) is 0 Å². The summed E-state index contributed by atoms with van der Waals surface area (Å²) in [5.74, 6) is -3.97. The minimum Gasteiger partial charge on any atom is -0.504 e. The van der Waals surface area contributed by atoms with Crippen molar-refractivity contribution in [2.75, 3.05) is 7.11 Å². The highest BCUT2D eigenvalue weighted by atomic mass is 16.7. The van der Waals surface area contributed by atoms with Gasteiger partial charge in [-0.05, 0) is 6.08 Å². The molecular weight excluding hydrogens is 310 g/mol. The van der Waals surface area contributed by atoms with Gasteiger partial charge in [0.05, 0.1) is 18.1 Å². The molecule has 9 nitrogen and oxygen atoms in total. The third-order valence-corrected chi connectivity index (χ3v) is 2.94. The number of cyclic esters (lactones) is 2. The van der Waals surface area contributed by atoms with Gasteiger partial charge in [0, 0.05) is 25.5 Å². The molecule has 1 aliphatic rings. The molecule has 0 saturated carbocycles. The number of phenolic OH excluding ortho intramolecular Hbond substituents is 1. The van der Waals surface area contributed by atoms with Crippen LogP contribution in [-0.2, 0) is 19.1 Å². The molecule has 1 fully saturated rings. The molecule has 0 unspecified atom stereocenters. The van der Waals surface area contributed by atoms with E-state index in [1.165, 1.54) is 21.0 Å². The maximum atomic E-state index is 11.9. The van der Waals surface area contributed by atoms with Crippen LogP contribution in [0.3, 0.4) is 0 Å². The molecule has 0 atom stereocenters. The van der Waals surface area contributed by atoms with Crippen LogP contribution in [0.15, 0.2) is 17.7 Å². The molecule has 0 aromatic heterocycles. The Kier molecular flexibility index (Phi) is 3.96. The van der Waals surface area contributed by atoms with Gasteiger partial charge < -0.3 is 19.3 Å². The van der Waals surface area contributed by atoms with E-state index < -0.39 is 34.0 Å². The van der Waals surface area contributed by atoms with Crippen molar-refractivity contribution < 1.29 is 33.8 Å². The Bertz CT molecular complexity index is 713. The number of non-ortho nitro benzene ring substituents is 1. The van der Waals surface area contributed by atoms with Gasteiger partial charge in [-0.15, -0.1) is 0 Å². The third kappa shape index (κ3) is 3.23. The lowest BCUT2D eigenvalue weighted by Gasteiger charge is -2.29. The summed E-state index contributed by atoms with van der Waals surface area (Å²) >= 11 is 0. The quantitative estimate of drug-likeness (QED) is 0.292. The van der Waals surface area contributed by atoms with Crippen LogP contribution in [0.1, 0.15) is 19.4 Å². The van der Waals surface area contributed by atoms with Gasteiger partial charge in [-0.25, -0.2) is 9.59 Å². The zero-order chi connectivity index (χ0) is 17.4. The van der Waals surface area contributed by atoms with Crippen molar-refractivity contribution >= 4 is 23.7 Å². The average molecular weight is 323 g/mol. The molecule has 1 aliphatic heterocycles. The number of ether oxygens (including phenoxy) is 3. The lowest BCUT2D eigenvalue weighted by molar-refractivity contribution is -0.385. The topological polar surface area (TPSA) is 125 Å².